The van der Waals surface area contributed by atoms with E-state index in [2.05, 4.69) is 26.6 Å². The monoisotopic (exact) mass is 739 g/mol. The van der Waals surface area contributed by atoms with Crippen LogP contribution in [-0.4, -0.2) is 73.9 Å². The van der Waals surface area contributed by atoms with Crippen LogP contribution >= 0.6 is 0 Å². The number of H-pyrrole nitrogens is 1. The summed E-state index contributed by atoms with van der Waals surface area (Å²) in [5, 5.41) is 3.96. The number of aromatic nitrogens is 2. The molecule has 3 heterocycles. The molecule has 0 radical (unpaired) electrons. The third-order valence-electron chi connectivity index (χ3n) is 8.97. The molecule has 12 nitrogen and oxygen atoms in total. The Hall–Kier alpha value is -4.10. The van der Waals surface area contributed by atoms with Gasteiger partial charge in [-0.3, -0.25) is 23.9 Å². The minimum atomic E-state index is -1.08. The van der Waals surface area contributed by atoms with Gasteiger partial charge in [0.15, 0.2) is 11.3 Å². The van der Waals surface area contributed by atoms with E-state index >= 15 is 0 Å². The van der Waals surface area contributed by atoms with Crippen molar-refractivity contribution in [2.45, 2.75) is 130 Å². The molecule has 3 amide bonds. The molecule has 1 aromatic carbocycles. The molecule has 1 saturated heterocycles. The van der Waals surface area contributed by atoms with E-state index in [0.717, 1.165) is 74.4 Å². The van der Waals surface area contributed by atoms with Crippen LogP contribution in [0.25, 0.3) is 22.3 Å². The Balaban J connectivity index is 0.000000224. The fourth-order valence-corrected chi connectivity index (χ4v) is 6.53. The highest BCUT2D eigenvalue weighted by Crippen LogP contribution is 2.26. The van der Waals surface area contributed by atoms with Gasteiger partial charge in [-0.1, -0.05) is 26.0 Å². The van der Waals surface area contributed by atoms with Crippen molar-refractivity contribution in [2.75, 3.05) is 13.2 Å². The second-order valence-corrected chi connectivity index (χ2v) is 14.6. The van der Waals surface area contributed by atoms with Gasteiger partial charge in [0.25, 0.3) is 5.91 Å². The van der Waals surface area contributed by atoms with Crippen molar-refractivity contribution in [1.29, 1.82) is 0 Å². The second kappa shape index (κ2) is 20.8. The van der Waals surface area contributed by atoms with Gasteiger partial charge in [-0.2, -0.15) is 0 Å². The minimum absolute atomic E-state index is 0.00287. The van der Waals surface area contributed by atoms with Gasteiger partial charge in [-0.15, -0.1) is 6.58 Å². The van der Waals surface area contributed by atoms with Crippen molar-refractivity contribution in [3.8, 4) is 11.4 Å². The maximum absolute atomic E-state index is 12.5. The van der Waals surface area contributed by atoms with E-state index in [1.54, 1.807) is 24.8 Å². The Bertz CT molecular complexity index is 1740. The number of aryl methyl sites for hydroxylation is 4. The third-order valence-corrected chi connectivity index (χ3v) is 10.4. The van der Waals surface area contributed by atoms with Crippen molar-refractivity contribution in [2.24, 2.45) is 0 Å². The zero-order chi connectivity index (χ0) is 38.4. The molecule has 3 atom stereocenters. The summed E-state index contributed by atoms with van der Waals surface area (Å²) in [4.78, 5) is 56.0. The summed E-state index contributed by atoms with van der Waals surface area (Å²) in [6.45, 7) is 18.4. The summed E-state index contributed by atoms with van der Waals surface area (Å²) in [5.74, 6) is 1.26. The SMILES string of the molecule is C=CCCCCO[C@H](C)C(=O)N1CCCC1C(=O)NC1CC1.CC.Cc1nc(-c2cc(=O)c3ccc(C)c(C)c3[nH]2)c(C)o1.O=CNS(=O)C1CC1. The molecule has 286 valence electrons. The highest BCUT2D eigenvalue weighted by atomic mass is 32.2. The molecule has 0 spiro atoms. The summed E-state index contributed by atoms with van der Waals surface area (Å²) in [6.07, 6.45) is 10.6. The highest BCUT2D eigenvalue weighted by molar-refractivity contribution is 7.84. The number of pyridine rings is 1. The number of aromatic amines is 1. The van der Waals surface area contributed by atoms with Crippen LogP contribution in [0.3, 0.4) is 0 Å². The van der Waals surface area contributed by atoms with Crippen LogP contribution in [0.5, 0.6) is 0 Å². The van der Waals surface area contributed by atoms with Crippen LogP contribution in [0.15, 0.2) is 40.1 Å². The molecule has 3 fully saturated rings. The van der Waals surface area contributed by atoms with Crippen LogP contribution in [0, 0.1) is 27.7 Å². The van der Waals surface area contributed by atoms with Crippen molar-refractivity contribution < 1.29 is 27.7 Å². The van der Waals surface area contributed by atoms with Gasteiger partial charge < -0.3 is 24.4 Å². The van der Waals surface area contributed by atoms with E-state index in [0.29, 0.717) is 54.0 Å². The van der Waals surface area contributed by atoms with Gasteiger partial charge in [0.05, 0.1) is 16.5 Å². The van der Waals surface area contributed by atoms with Crippen molar-refractivity contribution in [3.63, 3.8) is 0 Å². The average molecular weight is 740 g/mol. The Morgan fingerprint density at radius 2 is 1.85 bits per heavy atom. The van der Waals surface area contributed by atoms with E-state index < -0.39 is 17.1 Å². The molecular weight excluding hydrogens is 683 g/mol. The lowest BCUT2D eigenvalue weighted by Gasteiger charge is -2.26. The number of ether oxygens (including phenoxy) is 1. The summed E-state index contributed by atoms with van der Waals surface area (Å²) in [7, 11) is -1.08. The first-order chi connectivity index (χ1) is 24.9. The van der Waals surface area contributed by atoms with Gasteiger partial charge in [0.2, 0.25) is 12.3 Å². The van der Waals surface area contributed by atoms with Crippen molar-refractivity contribution in [1.82, 2.24) is 24.9 Å². The van der Waals surface area contributed by atoms with Crippen LogP contribution in [0.2, 0.25) is 0 Å². The lowest BCUT2D eigenvalue weighted by molar-refractivity contribution is -0.147. The van der Waals surface area contributed by atoms with Crippen LogP contribution in [0.4, 0.5) is 0 Å². The van der Waals surface area contributed by atoms with Gasteiger partial charge in [-0.05, 0) is 103 Å². The Kier molecular flexibility index (Phi) is 16.9. The Morgan fingerprint density at radius 1 is 1.13 bits per heavy atom. The standard InChI is InChI=1S/C17H28N2O3.C16H16N2O2.C4H7NO2S.C2H6/c1-3-4-5-6-12-22-13(2)17(21)19-11-7-8-15(19)16(20)18-14-9-10-14;1-8-5-6-12-14(19)7-13(18-15(12)9(8)2)16-10(3)20-11(4)17-16;6-3-5-8(7)4-1-2-4;1-2/h3,13-15H,1,4-12H2,2H3,(H,18,20);5-7H,1-4H3,(H,18,19);3-4H,1-2H2,(H,5,6);1-2H3/t13-,15?;;;/m1.../s1. The van der Waals surface area contributed by atoms with E-state index in [1.807, 2.05) is 52.8 Å². The maximum atomic E-state index is 12.5. The number of hydrogen-bond donors (Lipinski definition) is 3. The minimum Gasteiger partial charge on any atom is -0.446 e. The van der Waals surface area contributed by atoms with E-state index in [1.165, 1.54) is 0 Å². The molecule has 2 saturated carbocycles. The molecule has 3 N–H and O–H groups in total. The number of nitrogens with zero attached hydrogens (tertiary/aromatic N) is 2. The Labute approximate surface area is 310 Å². The maximum Gasteiger partial charge on any atom is 0.252 e. The Morgan fingerprint density at radius 3 is 2.44 bits per heavy atom. The van der Waals surface area contributed by atoms with E-state index in [-0.39, 0.29) is 28.5 Å². The molecule has 3 aromatic rings. The molecule has 13 heteroatoms. The van der Waals surface area contributed by atoms with Gasteiger partial charge in [0, 0.05) is 37.6 Å². The number of amides is 3. The lowest BCUT2D eigenvalue weighted by atomic mass is 10.0. The number of carbonyl (C=O) groups is 3. The number of rotatable bonds is 13. The largest absolute Gasteiger partial charge is 0.446 e. The molecule has 0 bridgehead atoms. The summed E-state index contributed by atoms with van der Waals surface area (Å²) in [5.41, 5.74) is 4.50. The molecule has 2 aromatic heterocycles. The number of allylic oxidation sites excluding steroid dienone is 1. The number of fused-ring (bicyclic) bond motifs is 1. The predicted molar refractivity (Wildman–Crippen MR) is 206 cm³/mol. The molecule has 3 aliphatic rings. The summed E-state index contributed by atoms with van der Waals surface area (Å²) >= 11 is 0. The highest BCUT2D eigenvalue weighted by Gasteiger charge is 2.38. The van der Waals surface area contributed by atoms with Gasteiger partial charge >= 0.3 is 0 Å². The predicted octanol–water partition coefficient (Wildman–Crippen LogP) is 6.02. The number of likely N-dealkylation sites (tertiary alicyclic amines) is 1. The molecule has 2 unspecified atom stereocenters. The normalized spacial score (nSPS) is 17.3. The number of benzene rings is 1. The van der Waals surface area contributed by atoms with Crippen LogP contribution in [0.1, 0.15) is 101 Å². The quantitative estimate of drug-likeness (QED) is 0.109. The first-order valence-electron chi connectivity index (χ1n) is 18.5. The van der Waals surface area contributed by atoms with Gasteiger partial charge in [0.1, 0.15) is 34.6 Å². The van der Waals surface area contributed by atoms with E-state index in [4.69, 9.17) is 9.15 Å². The summed E-state index contributed by atoms with van der Waals surface area (Å²) < 4.78 is 23.8. The zero-order valence-corrected chi connectivity index (χ0v) is 32.7. The molecule has 1 aliphatic heterocycles. The number of oxazole rings is 1. The average Bonchev–Trinajstić information content (AvgIpc) is 4.06. The first kappa shape index (κ1) is 42.3. The molecule has 6 rings (SSSR count). The molecule has 2 aliphatic carbocycles. The number of carbonyl (C=O) groups excluding carboxylic acids is 3. The van der Waals surface area contributed by atoms with Gasteiger partial charge in [-0.25, -0.2) is 9.19 Å². The number of hydrogen-bond acceptors (Lipinski definition) is 8. The van der Waals surface area contributed by atoms with Crippen LogP contribution < -0.4 is 15.5 Å². The fraction of sp³-hybridized carbons (Fsp3) is 0.564. The molecule has 52 heavy (non-hydrogen) atoms. The van der Waals surface area contributed by atoms with E-state index in [9.17, 15) is 23.4 Å². The van der Waals surface area contributed by atoms with Crippen LogP contribution in [-0.2, 0) is 30.1 Å². The third kappa shape index (κ3) is 12.3. The number of unbranched alkanes of at least 4 members (excludes halogenated alkanes) is 2. The van der Waals surface area contributed by atoms with Crippen molar-refractivity contribution in [3.05, 3.63) is 63.9 Å². The zero-order valence-electron chi connectivity index (χ0n) is 31.8. The topological polar surface area (TPSA) is 164 Å². The first-order valence-corrected chi connectivity index (χ1v) is 19.7. The fourth-order valence-electron chi connectivity index (χ4n) is 5.68. The molecular formula is C39H57N5O7S. The second-order valence-electron chi connectivity index (χ2n) is 13.1. The smallest absolute Gasteiger partial charge is 0.252 e. The van der Waals surface area contributed by atoms with Crippen molar-refractivity contribution >= 4 is 40.1 Å². The lowest BCUT2D eigenvalue weighted by Crippen LogP contribution is -2.49. The number of nitrogens with one attached hydrogen (secondary N) is 3. The summed E-state index contributed by atoms with van der Waals surface area (Å²) in [6, 6.07) is 5.45.